The maximum Gasteiger partial charge on any atom is 0.417 e. The molecule has 2 amide bonds. The first-order valence-corrected chi connectivity index (χ1v) is 14.3. The van der Waals surface area contributed by atoms with Gasteiger partial charge in [-0.1, -0.05) is 23.9 Å². The molecule has 0 fully saturated rings. The lowest BCUT2D eigenvalue weighted by Crippen LogP contribution is -2.27. The Balaban J connectivity index is 1.57. The topological polar surface area (TPSA) is 134 Å². The molecule has 0 spiro atoms. The fourth-order valence-corrected chi connectivity index (χ4v) is 4.90. The van der Waals surface area contributed by atoms with Gasteiger partial charge in [0.2, 0.25) is 5.91 Å². The van der Waals surface area contributed by atoms with Crippen LogP contribution in [0, 0.1) is 0 Å². The van der Waals surface area contributed by atoms with Crippen LogP contribution in [0.1, 0.15) is 39.0 Å². The number of carbonyl (C=O) groups excluding carboxylic acids is 3. The van der Waals surface area contributed by atoms with E-state index in [1.807, 2.05) is 0 Å². The van der Waals surface area contributed by atoms with Gasteiger partial charge in [0.25, 0.3) is 5.91 Å². The number of methoxy groups -OCH3 is 2. The minimum atomic E-state index is -4.73. The Morgan fingerprint density at radius 2 is 1.69 bits per heavy atom. The van der Waals surface area contributed by atoms with Crippen LogP contribution in [0.3, 0.4) is 0 Å². The Hall–Kier alpha value is -5.05. The zero-order chi connectivity index (χ0) is 32.6. The third kappa shape index (κ3) is 8.12. The molecule has 2 N–H and O–H groups in total. The number of alkyl halides is 3. The van der Waals surface area contributed by atoms with Crippen molar-refractivity contribution in [3.8, 4) is 17.2 Å². The van der Waals surface area contributed by atoms with Crippen LogP contribution in [0.2, 0.25) is 0 Å². The van der Waals surface area contributed by atoms with Gasteiger partial charge in [-0.05, 0) is 55.5 Å². The SMILES string of the molecule is CCOC(=O)c1ccc(NC(=O)CSc2nnc(CNC(=O)c3ccccc3C(F)(F)F)n2-c2cc(OC)ccc2OC)cc1. The van der Waals surface area contributed by atoms with E-state index < -0.39 is 35.1 Å². The van der Waals surface area contributed by atoms with Gasteiger partial charge in [0.05, 0.1) is 55.5 Å². The van der Waals surface area contributed by atoms with Crippen molar-refractivity contribution in [2.75, 3.05) is 31.9 Å². The number of hydrogen-bond donors (Lipinski definition) is 2. The van der Waals surface area contributed by atoms with Crippen molar-refractivity contribution in [2.24, 2.45) is 0 Å². The molecule has 0 atom stereocenters. The van der Waals surface area contributed by atoms with E-state index >= 15 is 0 Å². The van der Waals surface area contributed by atoms with Crippen molar-refractivity contribution in [1.29, 1.82) is 0 Å². The molecule has 4 rings (SSSR count). The van der Waals surface area contributed by atoms with Crippen LogP contribution in [-0.4, -0.2) is 59.1 Å². The minimum absolute atomic E-state index is 0.116. The summed E-state index contributed by atoms with van der Waals surface area (Å²) in [5, 5.41) is 13.8. The highest BCUT2D eigenvalue weighted by Gasteiger charge is 2.35. The van der Waals surface area contributed by atoms with Crippen LogP contribution in [0.15, 0.2) is 71.9 Å². The predicted octanol–water partition coefficient (Wildman–Crippen LogP) is 5.14. The van der Waals surface area contributed by atoms with Gasteiger partial charge < -0.3 is 24.8 Å². The highest BCUT2D eigenvalue weighted by Crippen LogP contribution is 2.33. The van der Waals surface area contributed by atoms with E-state index in [9.17, 15) is 27.6 Å². The van der Waals surface area contributed by atoms with Crippen molar-refractivity contribution in [2.45, 2.75) is 24.8 Å². The van der Waals surface area contributed by atoms with Gasteiger partial charge in [-0.2, -0.15) is 13.2 Å². The predicted molar refractivity (Wildman–Crippen MR) is 159 cm³/mol. The molecule has 45 heavy (non-hydrogen) atoms. The molecule has 1 heterocycles. The zero-order valence-corrected chi connectivity index (χ0v) is 25.1. The van der Waals surface area contributed by atoms with E-state index in [-0.39, 0.29) is 29.9 Å². The smallest absolute Gasteiger partial charge is 0.417 e. The van der Waals surface area contributed by atoms with Crippen LogP contribution in [-0.2, 0) is 22.3 Å². The lowest BCUT2D eigenvalue weighted by Gasteiger charge is -2.16. The molecule has 11 nitrogen and oxygen atoms in total. The number of ether oxygens (including phenoxy) is 3. The van der Waals surface area contributed by atoms with Crippen LogP contribution in [0.5, 0.6) is 11.5 Å². The van der Waals surface area contributed by atoms with E-state index in [4.69, 9.17) is 14.2 Å². The molecule has 0 bridgehead atoms. The standard InChI is InChI=1S/C30H28F3N5O6S/c1-4-44-28(41)18-9-11-19(12-10-18)35-26(39)17-45-29-37-36-25(38(29)23-15-20(42-2)13-14-24(23)43-3)16-34-27(40)21-7-5-6-8-22(21)30(31,32)33/h5-15H,4,16-17H2,1-3H3,(H,34,40)(H,35,39). The van der Waals surface area contributed by atoms with E-state index in [0.29, 0.717) is 28.4 Å². The molecule has 4 aromatic rings. The number of benzene rings is 3. The quantitative estimate of drug-likeness (QED) is 0.159. The van der Waals surface area contributed by atoms with Crippen LogP contribution < -0.4 is 20.1 Å². The van der Waals surface area contributed by atoms with Gasteiger partial charge >= 0.3 is 12.1 Å². The number of esters is 1. The molecule has 0 saturated heterocycles. The molecule has 15 heteroatoms. The van der Waals surface area contributed by atoms with Crippen LogP contribution >= 0.6 is 11.8 Å². The van der Waals surface area contributed by atoms with E-state index in [1.165, 1.54) is 43.1 Å². The zero-order valence-electron chi connectivity index (χ0n) is 24.3. The number of thioether (sulfide) groups is 1. The normalized spacial score (nSPS) is 11.1. The largest absolute Gasteiger partial charge is 0.497 e. The number of rotatable bonds is 12. The van der Waals surface area contributed by atoms with E-state index in [2.05, 4.69) is 20.8 Å². The number of halogens is 3. The molecule has 1 aromatic heterocycles. The number of anilines is 1. The number of hydrogen-bond acceptors (Lipinski definition) is 9. The average Bonchev–Trinajstić information content (AvgIpc) is 3.44. The summed E-state index contributed by atoms with van der Waals surface area (Å²) in [5.41, 5.74) is -0.426. The lowest BCUT2D eigenvalue weighted by molar-refractivity contribution is -0.138. The van der Waals surface area contributed by atoms with Gasteiger partial charge in [-0.15, -0.1) is 10.2 Å². The molecule has 0 saturated carbocycles. The van der Waals surface area contributed by atoms with Gasteiger partial charge in [0, 0.05) is 11.8 Å². The molecule has 0 aliphatic carbocycles. The Morgan fingerprint density at radius 3 is 2.36 bits per heavy atom. The number of nitrogens with zero attached hydrogens (tertiary/aromatic N) is 3. The first-order chi connectivity index (χ1) is 21.5. The molecular formula is C30H28F3N5O6S. The van der Waals surface area contributed by atoms with Crippen molar-refractivity contribution >= 4 is 35.2 Å². The van der Waals surface area contributed by atoms with E-state index in [0.717, 1.165) is 23.9 Å². The highest BCUT2D eigenvalue weighted by molar-refractivity contribution is 7.99. The summed E-state index contributed by atoms with van der Waals surface area (Å²) in [6.45, 7) is 1.63. The summed E-state index contributed by atoms with van der Waals surface area (Å²) >= 11 is 1.02. The molecule has 0 radical (unpaired) electrons. The molecule has 3 aromatic carbocycles. The van der Waals surface area contributed by atoms with Crippen molar-refractivity contribution in [3.05, 3.63) is 89.2 Å². The summed E-state index contributed by atoms with van der Waals surface area (Å²) in [5.74, 6) is -0.971. The molecule has 0 aliphatic rings. The lowest BCUT2D eigenvalue weighted by atomic mass is 10.1. The molecule has 236 valence electrons. The molecular weight excluding hydrogens is 615 g/mol. The first kappa shape index (κ1) is 32.9. The van der Waals surface area contributed by atoms with Crippen LogP contribution in [0.25, 0.3) is 5.69 Å². The maximum absolute atomic E-state index is 13.5. The van der Waals surface area contributed by atoms with Crippen molar-refractivity contribution < 1.29 is 41.8 Å². The Morgan fingerprint density at radius 1 is 0.956 bits per heavy atom. The second-order valence-corrected chi connectivity index (χ2v) is 10.1. The van der Waals surface area contributed by atoms with E-state index in [1.54, 1.807) is 37.3 Å². The highest BCUT2D eigenvalue weighted by atomic mass is 32.2. The second-order valence-electron chi connectivity index (χ2n) is 9.13. The summed E-state index contributed by atoms with van der Waals surface area (Å²) in [6, 6.07) is 15.6. The summed E-state index contributed by atoms with van der Waals surface area (Å²) in [4.78, 5) is 37.5. The summed E-state index contributed by atoms with van der Waals surface area (Å²) in [7, 11) is 2.91. The summed E-state index contributed by atoms with van der Waals surface area (Å²) in [6.07, 6.45) is -4.73. The number of nitrogens with one attached hydrogen (secondary N) is 2. The average molecular weight is 644 g/mol. The van der Waals surface area contributed by atoms with Crippen LogP contribution in [0.4, 0.5) is 18.9 Å². The third-order valence-electron chi connectivity index (χ3n) is 6.22. The first-order valence-electron chi connectivity index (χ1n) is 13.4. The second kappa shape index (κ2) is 14.6. The fourth-order valence-electron chi connectivity index (χ4n) is 4.14. The van der Waals surface area contributed by atoms with Gasteiger partial charge in [-0.3, -0.25) is 14.2 Å². The molecule has 0 unspecified atom stereocenters. The Kier molecular flexibility index (Phi) is 10.7. The fraction of sp³-hybridized carbons (Fsp3) is 0.233. The Bertz CT molecular complexity index is 1680. The third-order valence-corrected chi connectivity index (χ3v) is 7.15. The number of carbonyl (C=O) groups is 3. The van der Waals surface area contributed by atoms with Gasteiger partial charge in [0.1, 0.15) is 11.5 Å². The minimum Gasteiger partial charge on any atom is -0.497 e. The monoisotopic (exact) mass is 643 g/mol. The summed E-state index contributed by atoms with van der Waals surface area (Å²) < 4.78 is 57.8. The Labute approximate surface area is 260 Å². The van der Waals surface area contributed by atoms with Gasteiger partial charge in [0.15, 0.2) is 11.0 Å². The number of aromatic nitrogens is 3. The number of amides is 2. The van der Waals surface area contributed by atoms with Crippen molar-refractivity contribution in [3.63, 3.8) is 0 Å². The molecule has 0 aliphatic heterocycles. The van der Waals surface area contributed by atoms with Crippen molar-refractivity contribution in [1.82, 2.24) is 20.1 Å². The van der Waals surface area contributed by atoms with Gasteiger partial charge in [-0.25, -0.2) is 4.79 Å². The maximum atomic E-state index is 13.5.